The Morgan fingerprint density at radius 1 is 1.29 bits per heavy atom. The SMILES string of the molecule is COc1ccc(CN2CCC3(CC2)CC3C(=O)NCCCn2ccnc2)cc1. The summed E-state index contributed by atoms with van der Waals surface area (Å²) in [6, 6.07) is 8.32. The number of methoxy groups -OCH3 is 1. The number of nitrogens with one attached hydrogen (secondary N) is 1. The average Bonchev–Trinajstić information content (AvgIpc) is 3.17. The van der Waals surface area contributed by atoms with E-state index in [9.17, 15) is 4.79 Å². The Hall–Kier alpha value is -2.34. The van der Waals surface area contributed by atoms with Crippen molar-refractivity contribution in [2.24, 2.45) is 11.3 Å². The van der Waals surface area contributed by atoms with Gasteiger partial charge in [-0.15, -0.1) is 0 Å². The Labute approximate surface area is 166 Å². The number of piperidine rings is 1. The molecule has 1 unspecified atom stereocenters. The Bertz CT molecular complexity index is 764. The first-order valence-electron chi connectivity index (χ1n) is 10.3. The predicted molar refractivity (Wildman–Crippen MR) is 108 cm³/mol. The standard InChI is InChI=1S/C22H30N4O2/c1-28-19-5-3-18(4-6-19)16-25-12-7-22(8-13-25)15-20(22)21(27)24-9-2-11-26-14-10-23-17-26/h3-6,10,14,17,20H,2,7-9,11-13,15-16H2,1H3,(H,24,27). The van der Waals surface area contributed by atoms with Gasteiger partial charge in [0.1, 0.15) is 5.75 Å². The maximum Gasteiger partial charge on any atom is 0.223 e. The normalized spacial score (nSPS) is 20.8. The van der Waals surface area contributed by atoms with Crippen molar-refractivity contribution in [3.05, 3.63) is 48.5 Å². The number of carbonyl (C=O) groups excluding carboxylic acids is 1. The summed E-state index contributed by atoms with van der Waals surface area (Å²) >= 11 is 0. The van der Waals surface area contributed by atoms with Gasteiger partial charge in [0.2, 0.25) is 5.91 Å². The molecule has 1 atom stereocenters. The number of aromatic nitrogens is 2. The van der Waals surface area contributed by atoms with Crippen molar-refractivity contribution in [1.29, 1.82) is 0 Å². The molecule has 28 heavy (non-hydrogen) atoms. The average molecular weight is 383 g/mol. The van der Waals surface area contributed by atoms with Gasteiger partial charge in [-0.1, -0.05) is 12.1 Å². The van der Waals surface area contributed by atoms with E-state index in [-0.39, 0.29) is 17.2 Å². The highest BCUT2D eigenvalue weighted by molar-refractivity contribution is 5.82. The van der Waals surface area contributed by atoms with Crippen LogP contribution in [0.25, 0.3) is 0 Å². The van der Waals surface area contributed by atoms with Crippen LogP contribution >= 0.6 is 0 Å². The monoisotopic (exact) mass is 382 g/mol. The van der Waals surface area contributed by atoms with Crippen LogP contribution in [0.5, 0.6) is 5.75 Å². The van der Waals surface area contributed by atoms with Crippen LogP contribution in [0.2, 0.25) is 0 Å². The Morgan fingerprint density at radius 3 is 2.75 bits per heavy atom. The van der Waals surface area contributed by atoms with Gasteiger partial charge < -0.3 is 14.6 Å². The summed E-state index contributed by atoms with van der Waals surface area (Å²) in [6.07, 6.45) is 9.84. The fourth-order valence-electron chi connectivity index (χ4n) is 4.43. The lowest BCUT2D eigenvalue weighted by atomic mass is 9.90. The van der Waals surface area contributed by atoms with Gasteiger partial charge in [-0.2, -0.15) is 0 Å². The highest BCUT2D eigenvalue weighted by atomic mass is 16.5. The van der Waals surface area contributed by atoms with Gasteiger partial charge in [-0.25, -0.2) is 4.98 Å². The summed E-state index contributed by atoms with van der Waals surface area (Å²) in [5.41, 5.74) is 1.59. The number of benzene rings is 1. The first kappa shape index (κ1) is 19.0. The van der Waals surface area contributed by atoms with Crippen molar-refractivity contribution in [1.82, 2.24) is 19.8 Å². The van der Waals surface area contributed by atoms with Gasteiger partial charge in [0.05, 0.1) is 13.4 Å². The molecular formula is C22H30N4O2. The summed E-state index contributed by atoms with van der Waals surface area (Å²) in [5, 5.41) is 3.14. The third-order valence-corrected chi connectivity index (χ3v) is 6.37. The molecule has 2 aliphatic rings. The molecule has 2 aromatic rings. The van der Waals surface area contributed by atoms with E-state index in [0.29, 0.717) is 0 Å². The molecule has 1 aromatic carbocycles. The van der Waals surface area contributed by atoms with Gasteiger partial charge in [0.25, 0.3) is 0 Å². The zero-order valence-electron chi connectivity index (χ0n) is 16.6. The van der Waals surface area contributed by atoms with Crippen LogP contribution in [-0.4, -0.2) is 47.1 Å². The molecule has 6 heteroatoms. The lowest BCUT2D eigenvalue weighted by Gasteiger charge is -2.32. The molecule has 1 N–H and O–H groups in total. The molecule has 1 aliphatic carbocycles. The first-order valence-corrected chi connectivity index (χ1v) is 10.3. The molecular weight excluding hydrogens is 352 g/mol. The maximum atomic E-state index is 12.5. The molecule has 1 spiro atoms. The van der Waals surface area contributed by atoms with Crippen LogP contribution in [0.4, 0.5) is 0 Å². The van der Waals surface area contributed by atoms with E-state index < -0.39 is 0 Å². The molecule has 1 saturated heterocycles. The summed E-state index contributed by atoms with van der Waals surface area (Å²) < 4.78 is 7.27. The van der Waals surface area contributed by atoms with Crippen molar-refractivity contribution in [2.75, 3.05) is 26.7 Å². The molecule has 1 saturated carbocycles. The third kappa shape index (κ3) is 4.38. The van der Waals surface area contributed by atoms with E-state index in [4.69, 9.17) is 4.74 Å². The van der Waals surface area contributed by atoms with Crippen LogP contribution < -0.4 is 10.1 Å². The van der Waals surface area contributed by atoms with Crippen LogP contribution in [0.15, 0.2) is 43.0 Å². The topological polar surface area (TPSA) is 59.4 Å². The minimum absolute atomic E-state index is 0.226. The zero-order valence-corrected chi connectivity index (χ0v) is 16.6. The number of rotatable bonds is 8. The van der Waals surface area contributed by atoms with Crippen molar-refractivity contribution >= 4 is 5.91 Å². The van der Waals surface area contributed by atoms with Crippen LogP contribution in [0, 0.1) is 11.3 Å². The quantitative estimate of drug-likeness (QED) is 0.713. The second kappa shape index (κ2) is 8.35. The van der Waals surface area contributed by atoms with Crippen LogP contribution in [-0.2, 0) is 17.9 Å². The predicted octanol–water partition coefficient (Wildman–Crippen LogP) is 2.70. The van der Waals surface area contributed by atoms with Gasteiger partial charge in [-0.05, 0) is 61.9 Å². The van der Waals surface area contributed by atoms with Crippen molar-refractivity contribution < 1.29 is 9.53 Å². The van der Waals surface area contributed by atoms with E-state index >= 15 is 0 Å². The molecule has 4 rings (SSSR count). The molecule has 0 bridgehead atoms. The zero-order chi connectivity index (χ0) is 19.4. The Kier molecular flexibility index (Phi) is 5.67. The fourth-order valence-corrected chi connectivity index (χ4v) is 4.43. The second-order valence-corrected chi connectivity index (χ2v) is 8.19. The minimum atomic E-state index is 0.226. The number of aryl methyl sites for hydroxylation is 1. The number of carbonyl (C=O) groups is 1. The van der Waals surface area contributed by atoms with Gasteiger partial charge in [0.15, 0.2) is 0 Å². The van der Waals surface area contributed by atoms with Crippen molar-refractivity contribution in [3.8, 4) is 5.75 Å². The van der Waals surface area contributed by atoms with Crippen molar-refractivity contribution in [2.45, 2.75) is 38.8 Å². The Balaban J connectivity index is 1.17. The van der Waals surface area contributed by atoms with Gasteiger partial charge in [0, 0.05) is 37.9 Å². The van der Waals surface area contributed by atoms with E-state index in [1.165, 1.54) is 5.56 Å². The number of amides is 1. The van der Waals surface area contributed by atoms with E-state index in [1.807, 2.05) is 29.2 Å². The van der Waals surface area contributed by atoms with Crippen molar-refractivity contribution in [3.63, 3.8) is 0 Å². The van der Waals surface area contributed by atoms with E-state index in [2.05, 4.69) is 27.3 Å². The summed E-state index contributed by atoms with van der Waals surface area (Å²) in [7, 11) is 1.70. The molecule has 150 valence electrons. The highest BCUT2D eigenvalue weighted by Crippen LogP contribution is 2.59. The molecule has 6 nitrogen and oxygen atoms in total. The molecule has 2 fully saturated rings. The molecule has 2 heterocycles. The molecule has 1 aliphatic heterocycles. The van der Waals surface area contributed by atoms with Gasteiger partial charge >= 0.3 is 0 Å². The summed E-state index contributed by atoms with van der Waals surface area (Å²) in [4.78, 5) is 19.1. The van der Waals surface area contributed by atoms with E-state index in [1.54, 1.807) is 13.3 Å². The lowest BCUT2D eigenvalue weighted by Crippen LogP contribution is -2.37. The highest BCUT2D eigenvalue weighted by Gasteiger charge is 2.58. The second-order valence-electron chi connectivity index (χ2n) is 8.19. The largest absolute Gasteiger partial charge is 0.497 e. The molecule has 0 radical (unpaired) electrons. The first-order chi connectivity index (χ1) is 13.7. The molecule has 1 aromatic heterocycles. The van der Waals surface area contributed by atoms with Crippen LogP contribution in [0.3, 0.4) is 0 Å². The summed E-state index contributed by atoms with van der Waals surface area (Å²) in [5.74, 6) is 1.39. The van der Waals surface area contributed by atoms with Crippen LogP contribution in [0.1, 0.15) is 31.2 Å². The fraction of sp³-hybridized carbons (Fsp3) is 0.545. The number of ether oxygens (including phenoxy) is 1. The molecule has 1 amide bonds. The van der Waals surface area contributed by atoms with Gasteiger partial charge in [-0.3, -0.25) is 9.69 Å². The Morgan fingerprint density at radius 2 is 2.07 bits per heavy atom. The number of hydrogen-bond donors (Lipinski definition) is 1. The summed E-state index contributed by atoms with van der Waals surface area (Å²) in [6.45, 7) is 4.78. The number of imidazole rings is 1. The third-order valence-electron chi connectivity index (χ3n) is 6.37. The number of hydrogen-bond acceptors (Lipinski definition) is 4. The van der Waals surface area contributed by atoms with E-state index in [0.717, 1.165) is 64.2 Å². The smallest absolute Gasteiger partial charge is 0.223 e. The minimum Gasteiger partial charge on any atom is -0.497 e. The number of likely N-dealkylation sites (tertiary alicyclic amines) is 1. The number of nitrogens with zero attached hydrogens (tertiary/aromatic N) is 3. The maximum absolute atomic E-state index is 12.5. The lowest BCUT2D eigenvalue weighted by molar-refractivity contribution is -0.123.